The summed E-state index contributed by atoms with van der Waals surface area (Å²) < 4.78 is 19.8. The number of rotatable bonds is 4. The molecule has 1 atom stereocenters. The standard InChI is InChI=1S/C18H24FNO/c1-3-20-17(18(2)10-5-4-6-11-18)15-12-13-8-7-9-14(19)16(13)21-15/h7-9,12,17,20H,3-6,10-11H2,1-2H3. The van der Waals surface area contributed by atoms with E-state index in [-0.39, 0.29) is 17.3 Å². The molecule has 1 aromatic heterocycles. The molecule has 1 aliphatic rings. The molecule has 1 unspecified atom stereocenters. The second-order valence-corrected chi connectivity index (χ2v) is 6.51. The van der Waals surface area contributed by atoms with Gasteiger partial charge in [0.25, 0.3) is 0 Å². The molecule has 3 heteroatoms. The van der Waals surface area contributed by atoms with E-state index in [1.54, 1.807) is 6.07 Å². The molecule has 0 spiro atoms. The number of halogens is 1. The highest BCUT2D eigenvalue weighted by Crippen LogP contribution is 2.46. The van der Waals surface area contributed by atoms with E-state index >= 15 is 0 Å². The molecule has 1 aliphatic carbocycles. The third-order valence-corrected chi connectivity index (χ3v) is 4.90. The number of benzene rings is 1. The lowest BCUT2D eigenvalue weighted by Crippen LogP contribution is -2.37. The molecular formula is C18H24FNO. The summed E-state index contributed by atoms with van der Waals surface area (Å²) in [6.07, 6.45) is 6.26. The van der Waals surface area contributed by atoms with Crippen LogP contribution in [0, 0.1) is 11.2 Å². The number of para-hydroxylation sites is 1. The van der Waals surface area contributed by atoms with Crippen molar-refractivity contribution in [3.63, 3.8) is 0 Å². The van der Waals surface area contributed by atoms with E-state index in [0.717, 1.165) is 17.7 Å². The lowest BCUT2D eigenvalue weighted by Gasteiger charge is -2.40. The fraction of sp³-hybridized carbons (Fsp3) is 0.556. The largest absolute Gasteiger partial charge is 0.456 e. The van der Waals surface area contributed by atoms with Gasteiger partial charge in [-0.3, -0.25) is 0 Å². The van der Waals surface area contributed by atoms with Gasteiger partial charge in [0.1, 0.15) is 5.76 Å². The lowest BCUT2D eigenvalue weighted by molar-refractivity contribution is 0.131. The Kier molecular flexibility index (Phi) is 4.03. The highest BCUT2D eigenvalue weighted by molar-refractivity contribution is 5.78. The third kappa shape index (κ3) is 2.71. The van der Waals surface area contributed by atoms with Gasteiger partial charge in [0.15, 0.2) is 11.4 Å². The summed E-state index contributed by atoms with van der Waals surface area (Å²) in [5.41, 5.74) is 0.577. The first-order valence-corrected chi connectivity index (χ1v) is 8.05. The minimum atomic E-state index is -0.275. The molecule has 2 nitrogen and oxygen atoms in total. The maximum Gasteiger partial charge on any atom is 0.169 e. The van der Waals surface area contributed by atoms with E-state index in [9.17, 15) is 4.39 Å². The van der Waals surface area contributed by atoms with Gasteiger partial charge in [-0.25, -0.2) is 4.39 Å². The minimum Gasteiger partial charge on any atom is -0.456 e. The second kappa shape index (κ2) is 5.80. The quantitative estimate of drug-likeness (QED) is 0.837. The first-order chi connectivity index (χ1) is 10.1. The topological polar surface area (TPSA) is 25.2 Å². The van der Waals surface area contributed by atoms with Gasteiger partial charge in [0, 0.05) is 5.39 Å². The molecule has 1 aromatic carbocycles. The van der Waals surface area contributed by atoms with E-state index in [2.05, 4.69) is 19.2 Å². The van der Waals surface area contributed by atoms with E-state index in [1.165, 1.54) is 38.2 Å². The van der Waals surface area contributed by atoms with Crippen molar-refractivity contribution in [1.82, 2.24) is 5.32 Å². The van der Waals surface area contributed by atoms with Crippen LogP contribution in [0.5, 0.6) is 0 Å². The van der Waals surface area contributed by atoms with E-state index in [0.29, 0.717) is 5.58 Å². The van der Waals surface area contributed by atoms with Crippen molar-refractivity contribution in [1.29, 1.82) is 0 Å². The summed E-state index contributed by atoms with van der Waals surface area (Å²) >= 11 is 0. The Bertz CT molecular complexity index is 613. The summed E-state index contributed by atoms with van der Waals surface area (Å²) in [6.45, 7) is 5.34. The van der Waals surface area contributed by atoms with Gasteiger partial charge in [0.2, 0.25) is 0 Å². The molecule has 0 amide bonds. The molecule has 1 N–H and O–H groups in total. The summed E-state index contributed by atoms with van der Waals surface area (Å²) in [7, 11) is 0. The zero-order chi connectivity index (χ0) is 14.9. The van der Waals surface area contributed by atoms with Gasteiger partial charge in [0.05, 0.1) is 6.04 Å². The second-order valence-electron chi connectivity index (χ2n) is 6.51. The monoisotopic (exact) mass is 289 g/mol. The summed E-state index contributed by atoms with van der Waals surface area (Å²) in [5.74, 6) is 0.601. The molecule has 1 heterocycles. The third-order valence-electron chi connectivity index (χ3n) is 4.90. The van der Waals surface area contributed by atoms with E-state index in [4.69, 9.17) is 4.42 Å². The Hall–Kier alpha value is -1.35. The molecule has 0 saturated heterocycles. The minimum absolute atomic E-state index is 0.162. The highest BCUT2D eigenvalue weighted by atomic mass is 19.1. The van der Waals surface area contributed by atoms with Crippen LogP contribution in [-0.4, -0.2) is 6.54 Å². The molecule has 0 bridgehead atoms. The molecular weight excluding hydrogens is 265 g/mol. The smallest absolute Gasteiger partial charge is 0.169 e. The Morgan fingerprint density at radius 3 is 2.71 bits per heavy atom. The van der Waals surface area contributed by atoms with Gasteiger partial charge >= 0.3 is 0 Å². The van der Waals surface area contributed by atoms with Crippen molar-refractivity contribution < 1.29 is 8.81 Å². The van der Waals surface area contributed by atoms with Crippen LogP contribution in [0.2, 0.25) is 0 Å². The van der Waals surface area contributed by atoms with E-state index in [1.807, 2.05) is 12.1 Å². The summed E-state index contributed by atoms with van der Waals surface area (Å²) in [5, 5.41) is 4.43. The lowest BCUT2D eigenvalue weighted by atomic mass is 9.70. The average molecular weight is 289 g/mol. The van der Waals surface area contributed by atoms with Gasteiger partial charge < -0.3 is 9.73 Å². The van der Waals surface area contributed by atoms with Crippen LogP contribution in [0.15, 0.2) is 28.7 Å². The Morgan fingerprint density at radius 1 is 1.29 bits per heavy atom. The molecule has 1 fully saturated rings. The molecule has 0 radical (unpaired) electrons. The van der Waals surface area contributed by atoms with Crippen LogP contribution < -0.4 is 5.32 Å². The zero-order valence-corrected chi connectivity index (χ0v) is 12.9. The Labute approximate surface area is 125 Å². The van der Waals surface area contributed by atoms with Gasteiger partial charge in [-0.1, -0.05) is 45.2 Å². The van der Waals surface area contributed by atoms with Crippen LogP contribution >= 0.6 is 0 Å². The van der Waals surface area contributed by atoms with Gasteiger partial charge in [-0.05, 0) is 36.9 Å². The first-order valence-electron chi connectivity index (χ1n) is 8.05. The molecule has 1 saturated carbocycles. The van der Waals surface area contributed by atoms with Crippen molar-refractivity contribution in [2.45, 2.75) is 52.0 Å². The zero-order valence-electron chi connectivity index (χ0n) is 12.9. The predicted molar refractivity (Wildman–Crippen MR) is 83.8 cm³/mol. The van der Waals surface area contributed by atoms with Crippen LogP contribution in [0.3, 0.4) is 0 Å². The van der Waals surface area contributed by atoms with Crippen LogP contribution in [0.1, 0.15) is 57.8 Å². The normalized spacial score (nSPS) is 19.8. The number of fused-ring (bicyclic) bond motifs is 1. The Balaban J connectivity index is 2.00. The number of nitrogens with one attached hydrogen (secondary N) is 1. The van der Waals surface area contributed by atoms with Crippen molar-refractivity contribution >= 4 is 11.0 Å². The van der Waals surface area contributed by atoms with Gasteiger partial charge in [-0.2, -0.15) is 0 Å². The molecule has 114 valence electrons. The maximum absolute atomic E-state index is 13.9. The molecule has 0 aliphatic heterocycles. The van der Waals surface area contributed by atoms with Crippen LogP contribution in [0.4, 0.5) is 4.39 Å². The summed E-state index contributed by atoms with van der Waals surface area (Å²) in [6, 6.07) is 7.28. The van der Waals surface area contributed by atoms with Gasteiger partial charge in [-0.15, -0.1) is 0 Å². The van der Waals surface area contributed by atoms with Crippen LogP contribution in [0.25, 0.3) is 11.0 Å². The molecule has 21 heavy (non-hydrogen) atoms. The average Bonchev–Trinajstić information content (AvgIpc) is 2.90. The molecule has 2 aromatic rings. The number of hydrogen-bond acceptors (Lipinski definition) is 2. The highest BCUT2D eigenvalue weighted by Gasteiger charge is 2.37. The van der Waals surface area contributed by atoms with Crippen LogP contribution in [-0.2, 0) is 0 Å². The van der Waals surface area contributed by atoms with E-state index < -0.39 is 0 Å². The van der Waals surface area contributed by atoms with Crippen molar-refractivity contribution in [2.75, 3.05) is 6.54 Å². The predicted octanol–water partition coefficient (Wildman–Crippen LogP) is 5.19. The maximum atomic E-state index is 13.9. The van der Waals surface area contributed by atoms with Crippen molar-refractivity contribution in [3.05, 3.63) is 35.8 Å². The number of hydrogen-bond donors (Lipinski definition) is 1. The SMILES string of the molecule is CCNC(c1cc2cccc(F)c2o1)C1(C)CCCCC1. The molecule has 3 rings (SSSR count). The fourth-order valence-corrected chi connectivity index (χ4v) is 3.73. The van der Waals surface area contributed by atoms with Crippen molar-refractivity contribution in [3.8, 4) is 0 Å². The number of furan rings is 1. The summed E-state index contributed by atoms with van der Waals surface area (Å²) in [4.78, 5) is 0. The first kappa shape index (κ1) is 14.6. The fourth-order valence-electron chi connectivity index (χ4n) is 3.73. The Morgan fingerprint density at radius 2 is 2.05 bits per heavy atom. The van der Waals surface area contributed by atoms with Crippen molar-refractivity contribution in [2.24, 2.45) is 5.41 Å².